The maximum atomic E-state index is 11.6. The molecular formula is C16H19NO10. The lowest BCUT2D eigenvalue weighted by Crippen LogP contribution is -2.30. The lowest BCUT2D eigenvalue weighted by atomic mass is 9.90. The Kier molecular flexibility index (Phi) is 4.07. The molecule has 27 heavy (non-hydrogen) atoms. The van der Waals surface area contributed by atoms with Gasteiger partial charge in [0.2, 0.25) is 11.8 Å². The number of nitrogens with zero attached hydrogens (tertiary/aromatic N) is 1. The molecule has 2 bridgehead atoms. The van der Waals surface area contributed by atoms with E-state index in [0.717, 1.165) is 4.57 Å². The van der Waals surface area contributed by atoms with Gasteiger partial charge in [-0.2, -0.15) is 0 Å². The summed E-state index contributed by atoms with van der Waals surface area (Å²) in [6.07, 6.45) is -3.05. The van der Waals surface area contributed by atoms with E-state index in [0.29, 0.717) is 11.1 Å². The number of fused-ring (bicyclic) bond motifs is 8. The van der Waals surface area contributed by atoms with Crippen LogP contribution in [-0.4, -0.2) is 57.1 Å². The van der Waals surface area contributed by atoms with Gasteiger partial charge in [0.25, 0.3) is 5.97 Å². The molecule has 0 saturated carbocycles. The third-order valence-electron chi connectivity index (χ3n) is 5.03. The quantitative estimate of drug-likeness (QED) is 0.591. The zero-order valence-electron chi connectivity index (χ0n) is 14.6. The number of aromatic hydroxyl groups is 2. The van der Waals surface area contributed by atoms with Crippen molar-refractivity contribution in [1.29, 1.82) is 0 Å². The smallest absolute Gasteiger partial charge is 0.308 e. The van der Waals surface area contributed by atoms with Crippen LogP contribution in [-0.2, 0) is 40.0 Å². The van der Waals surface area contributed by atoms with Crippen molar-refractivity contribution in [1.82, 2.24) is 4.57 Å². The molecule has 1 aromatic heterocycles. The van der Waals surface area contributed by atoms with Gasteiger partial charge in [0, 0.05) is 14.0 Å². The lowest BCUT2D eigenvalue weighted by Gasteiger charge is -2.23. The Balaban J connectivity index is 1.53. The molecule has 148 valence electrons. The van der Waals surface area contributed by atoms with Crippen molar-refractivity contribution in [3.05, 3.63) is 11.1 Å². The third kappa shape index (κ3) is 2.65. The van der Waals surface area contributed by atoms with Crippen molar-refractivity contribution < 1.29 is 48.6 Å². The van der Waals surface area contributed by atoms with Crippen molar-refractivity contribution in [2.75, 3.05) is 7.11 Å². The summed E-state index contributed by atoms with van der Waals surface area (Å²) in [5.41, 5.74) is 0.702. The highest BCUT2D eigenvalue weighted by molar-refractivity contribution is 5.76. The van der Waals surface area contributed by atoms with Crippen LogP contribution in [0.5, 0.6) is 11.8 Å². The molecule has 0 amide bonds. The zero-order valence-corrected chi connectivity index (χ0v) is 14.6. The summed E-state index contributed by atoms with van der Waals surface area (Å²) >= 11 is 0. The first kappa shape index (κ1) is 18.0. The number of ether oxygens (including phenoxy) is 5. The van der Waals surface area contributed by atoms with E-state index in [2.05, 4.69) is 0 Å². The summed E-state index contributed by atoms with van der Waals surface area (Å²) < 4.78 is 28.4. The number of carbonyl (C=O) groups excluding carboxylic acids is 1. The monoisotopic (exact) mass is 385 g/mol. The number of carboxylic acids is 1. The highest BCUT2D eigenvalue weighted by atomic mass is 16.9. The zero-order chi connectivity index (χ0) is 19.5. The Bertz CT molecular complexity index is 760. The van der Waals surface area contributed by atoms with Crippen LogP contribution >= 0.6 is 0 Å². The molecule has 3 unspecified atom stereocenters. The first-order chi connectivity index (χ1) is 12.8. The summed E-state index contributed by atoms with van der Waals surface area (Å²) in [6, 6.07) is 0. The second kappa shape index (κ2) is 6.09. The molecule has 2 fully saturated rings. The fourth-order valence-electron chi connectivity index (χ4n) is 3.73. The Labute approximate surface area is 152 Å². The Morgan fingerprint density at radius 2 is 1.67 bits per heavy atom. The molecule has 11 nitrogen and oxygen atoms in total. The van der Waals surface area contributed by atoms with Crippen LogP contribution < -0.4 is 0 Å². The van der Waals surface area contributed by atoms with Crippen molar-refractivity contribution in [2.24, 2.45) is 0 Å². The SMILES string of the molecule is COC1(C)OC2C3O[C@@H](c4c3c(O)n(COC(=O)CCC(=O)O)c4O)[C@H]2O1. The summed E-state index contributed by atoms with van der Waals surface area (Å²) in [4.78, 5) is 22.1. The molecule has 1 aromatic rings. The van der Waals surface area contributed by atoms with Gasteiger partial charge in [-0.05, 0) is 0 Å². The normalized spacial score (nSPS) is 33.1. The van der Waals surface area contributed by atoms with Crippen LogP contribution in [0.2, 0.25) is 0 Å². The molecule has 3 N–H and O–H groups in total. The molecule has 0 radical (unpaired) electrons. The minimum atomic E-state index is -1.24. The molecule has 0 aromatic carbocycles. The number of hydrogen-bond acceptors (Lipinski definition) is 9. The molecule has 4 heterocycles. The number of carboxylic acid groups (broad SMARTS) is 1. The molecular weight excluding hydrogens is 366 g/mol. The summed E-state index contributed by atoms with van der Waals surface area (Å²) in [6.45, 7) is 1.15. The molecule has 2 saturated heterocycles. The molecule has 0 aliphatic carbocycles. The summed E-state index contributed by atoms with van der Waals surface area (Å²) in [5.74, 6) is -3.74. The van der Waals surface area contributed by atoms with E-state index in [1.807, 2.05) is 0 Å². The van der Waals surface area contributed by atoms with E-state index in [1.54, 1.807) is 6.92 Å². The van der Waals surface area contributed by atoms with Crippen molar-refractivity contribution in [3.8, 4) is 11.8 Å². The fourth-order valence-corrected chi connectivity index (χ4v) is 3.73. The van der Waals surface area contributed by atoms with Crippen molar-refractivity contribution >= 4 is 11.9 Å². The average Bonchev–Trinajstić information content (AvgIpc) is 3.31. The molecule has 5 atom stereocenters. The molecule has 3 aliphatic heterocycles. The third-order valence-corrected chi connectivity index (χ3v) is 5.03. The summed E-state index contributed by atoms with van der Waals surface area (Å²) in [5, 5.41) is 29.6. The standard InChI is InChI=1S/C16H19NO10/c1-16(23-2)26-12-10-8-9(11(25-10)13(12)27-16)15(22)17(14(8)21)5-24-7(20)4-3-6(18)19/h10-13,21-22H,3-5H2,1-2H3,(H,18,19)/t10-,11?,12+,13?,16?/m0/s1. The number of aromatic nitrogens is 1. The van der Waals surface area contributed by atoms with E-state index in [-0.39, 0.29) is 24.6 Å². The van der Waals surface area contributed by atoms with Crippen LogP contribution in [0.3, 0.4) is 0 Å². The van der Waals surface area contributed by atoms with Crippen molar-refractivity contribution in [3.63, 3.8) is 0 Å². The van der Waals surface area contributed by atoms with Gasteiger partial charge in [-0.1, -0.05) is 0 Å². The second-order valence-corrected chi connectivity index (χ2v) is 6.65. The minimum Gasteiger partial charge on any atom is -0.494 e. The Hall–Kier alpha value is -2.34. The van der Waals surface area contributed by atoms with Gasteiger partial charge >= 0.3 is 11.9 Å². The van der Waals surface area contributed by atoms with Gasteiger partial charge in [0.15, 0.2) is 6.73 Å². The largest absolute Gasteiger partial charge is 0.494 e. The molecule has 3 aliphatic rings. The number of carbonyl (C=O) groups is 2. The predicted molar refractivity (Wildman–Crippen MR) is 82.5 cm³/mol. The molecule has 11 heteroatoms. The van der Waals surface area contributed by atoms with Crippen molar-refractivity contribution in [2.45, 2.75) is 56.9 Å². The van der Waals surface area contributed by atoms with E-state index >= 15 is 0 Å². The molecule has 4 rings (SSSR count). The van der Waals surface area contributed by atoms with Gasteiger partial charge in [-0.15, -0.1) is 0 Å². The number of aliphatic carboxylic acids is 1. The van der Waals surface area contributed by atoms with Gasteiger partial charge < -0.3 is 39.0 Å². The van der Waals surface area contributed by atoms with E-state index < -0.39 is 49.1 Å². The lowest BCUT2D eigenvalue weighted by molar-refractivity contribution is -0.331. The van der Waals surface area contributed by atoms with Crippen LogP contribution in [0.15, 0.2) is 0 Å². The predicted octanol–water partition coefficient (Wildman–Crippen LogP) is 0.495. The first-order valence-corrected chi connectivity index (χ1v) is 8.33. The number of hydrogen-bond donors (Lipinski definition) is 3. The van der Waals surface area contributed by atoms with Gasteiger partial charge in [0.05, 0.1) is 24.0 Å². The van der Waals surface area contributed by atoms with E-state index in [4.69, 9.17) is 28.8 Å². The maximum absolute atomic E-state index is 11.6. The van der Waals surface area contributed by atoms with E-state index in [9.17, 15) is 19.8 Å². The minimum absolute atomic E-state index is 0.311. The average molecular weight is 385 g/mol. The van der Waals surface area contributed by atoms with Gasteiger partial charge in [-0.25, -0.2) is 4.57 Å². The second-order valence-electron chi connectivity index (χ2n) is 6.65. The highest BCUT2D eigenvalue weighted by Gasteiger charge is 2.64. The topological polar surface area (TPSA) is 146 Å². The Morgan fingerprint density at radius 1 is 1.11 bits per heavy atom. The number of rotatable bonds is 6. The van der Waals surface area contributed by atoms with Gasteiger partial charge in [-0.3, -0.25) is 9.59 Å². The van der Waals surface area contributed by atoms with Gasteiger partial charge in [0.1, 0.15) is 24.4 Å². The maximum Gasteiger partial charge on any atom is 0.308 e. The first-order valence-electron chi connectivity index (χ1n) is 8.33. The molecule has 0 spiro atoms. The number of esters is 1. The van der Waals surface area contributed by atoms with Crippen LogP contribution in [0, 0.1) is 0 Å². The van der Waals surface area contributed by atoms with Crippen LogP contribution in [0.4, 0.5) is 0 Å². The highest BCUT2D eigenvalue weighted by Crippen LogP contribution is 2.62. The summed E-state index contributed by atoms with van der Waals surface area (Å²) in [7, 11) is 1.44. The number of methoxy groups -OCH3 is 1. The van der Waals surface area contributed by atoms with Crippen LogP contribution in [0.1, 0.15) is 43.1 Å². The van der Waals surface area contributed by atoms with E-state index in [1.165, 1.54) is 7.11 Å². The Morgan fingerprint density at radius 3 is 2.15 bits per heavy atom. The fraction of sp³-hybridized carbons (Fsp3) is 0.625. The van der Waals surface area contributed by atoms with Crippen LogP contribution in [0.25, 0.3) is 0 Å².